The second-order valence-corrected chi connectivity index (χ2v) is 4.68. The maximum absolute atomic E-state index is 5.71. The molecule has 0 radical (unpaired) electrons. The van der Waals surface area contributed by atoms with Crippen molar-refractivity contribution in [2.75, 3.05) is 13.2 Å². The average Bonchev–Trinajstić information content (AvgIpc) is 2.47. The van der Waals surface area contributed by atoms with Crippen LogP contribution in [0.5, 0.6) is 11.5 Å². The van der Waals surface area contributed by atoms with Crippen molar-refractivity contribution < 1.29 is 9.47 Å². The van der Waals surface area contributed by atoms with Crippen LogP contribution in [-0.2, 0) is 0 Å². The van der Waals surface area contributed by atoms with E-state index in [4.69, 9.17) is 9.47 Å². The Labute approximate surface area is 115 Å². The van der Waals surface area contributed by atoms with Gasteiger partial charge in [0.25, 0.3) is 0 Å². The summed E-state index contributed by atoms with van der Waals surface area (Å²) in [7, 11) is 0. The third kappa shape index (κ3) is 5.04. The van der Waals surface area contributed by atoms with Crippen LogP contribution in [0, 0.1) is 5.92 Å². The van der Waals surface area contributed by atoms with Gasteiger partial charge in [-0.1, -0.05) is 43.3 Å². The fourth-order valence-electron chi connectivity index (χ4n) is 1.73. The van der Waals surface area contributed by atoms with Crippen LogP contribution in [0.1, 0.15) is 13.3 Å². The number of ether oxygens (including phenoxy) is 2. The molecule has 19 heavy (non-hydrogen) atoms. The molecule has 1 atom stereocenters. The van der Waals surface area contributed by atoms with Gasteiger partial charge < -0.3 is 9.47 Å². The first kappa shape index (κ1) is 13.5. The molecule has 0 N–H and O–H groups in total. The molecule has 2 rings (SSSR count). The standard InChI is InChI=1S/C17H20O2/c1-15(14-19-17-10-6-3-7-11-17)12-13-18-16-8-4-2-5-9-16/h2-11,15H,12-14H2,1H3/t15-/m1/s1. The second-order valence-electron chi connectivity index (χ2n) is 4.68. The van der Waals surface area contributed by atoms with Crippen LogP contribution in [0.2, 0.25) is 0 Å². The van der Waals surface area contributed by atoms with Crippen LogP contribution in [0.25, 0.3) is 0 Å². The van der Waals surface area contributed by atoms with Crippen molar-refractivity contribution in [3.8, 4) is 11.5 Å². The van der Waals surface area contributed by atoms with Gasteiger partial charge in [0.2, 0.25) is 0 Å². The zero-order valence-electron chi connectivity index (χ0n) is 11.3. The van der Waals surface area contributed by atoms with Gasteiger partial charge in [-0.05, 0) is 36.6 Å². The highest BCUT2D eigenvalue weighted by molar-refractivity contribution is 5.21. The molecule has 0 amide bonds. The summed E-state index contributed by atoms with van der Waals surface area (Å²) in [5.41, 5.74) is 0. The normalized spacial score (nSPS) is 11.8. The Morgan fingerprint density at radius 3 is 1.89 bits per heavy atom. The van der Waals surface area contributed by atoms with Crippen LogP contribution in [-0.4, -0.2) is 13.2 Å². The van der Waals surface area contributed by atoms with Crippen LogP contribution in [0.15, 0.2) is 60.7 Å². The number of hydrogen-bond donors (Lipinski definition) is 0. The van der Waals surface area contributed by atoms with Gasteiger partial charge in [-0.3, -0.25) is 0 Å². The number of rotatable bonds is 7. The van der Waals surface area contributed by atoms with Crippen molar-refractivity contribution in [1.82, 2.24) is 0 Å². The van der Waals surface area contributed by atoms with E-state index in [9.17, 15) is 0 Å². The van der Waals surface area contributed by atoms with Gasteiger partial charge in [0, 0.05) is 0 Å². The molecule has 0 saturated carbocycles. The zero-order chi connectivity index (χ0) is 13.3. The summed E-state index contributed by atoms with van der Waals surface area (Å²) in [6.07, 6.45) is 0.988. The monoisotopic (exact) mass is 256 g/mol. The Balaban J connectivity index is 1.64. The van der Waals surface area contributed by atoms with Gasteiger partial charge in [-0.2, -0.15) is 0 Å². The van der Waals surface area contributed by atoms with E-state index in [2.05, 4.69) is 6.92 Å². The number of benzene rings is 2. The van der Waals surface area contributed by atoms with E-state index in [0.29, 0.717) is 5.92 Å². The summed E-state index contributed by atoms with van der Waals surface area (Å²) < 4.78 is 11.4. The summed E-state index contributed by atoms with van der Waals surface area (Å²) in [5, 5.41) is 0. The largest absolute Gasteiger partial charge is 0.494 e. The molecule has 0 aliphatic rings. The second kappa shape index (κ2) is 7.47. The lowest BCUT2D eigenvalue weighted by molar-refractivity contribution is 0.217. The molecule has 0 saturated heterocycles. The molecule has 0 heterocycles. The van der Waals surface area contributed by atoms with E-state index < -0.39 is 0 Å². The molecule has 0 bridgehead atoms. The van der Waals surface area contributed by atoms with Crippen LogP contribution in [0.3, 0.4) is 0 Å². The Bertz CT molecular complexity index is 453. The van der Waals surface area contributed by atoms with E-state index in [1.54, 1.807) is 0 Å². The zero-order valence-corrected chi connectivity index (χ0v) is 11.3. The van der Waals surface area contributed by atoms with E-state index in [0.717, 1.165) is 31.1 Å². The van der Waals surface area contributed by atoms with Gasteiger partial charge in [0.05, 0.1) is 13.2 Å². The van der Waals surface area contributed by atoms with Crippen molar-refractivity contribution >= 4 is 0 Å². The third-order valence-corrected chi connectivity index (χ3v) is 2.90. The highest BCUT2D eigenvalue weighted by Crippen LogP contribution is 2.13. The Morgan fingerprint density at radius 1 is 0.789 bits per heavy atom. The lowest BCUT2D eigenvalue weighted by Crippen LogP contribution is -2.12. The fourth-order valence-corrected chi connectivity index (χ4v) is 1.73. The van der Waals surface area contributed by atoms with E-state index in [1.165, 1.54) is 0 Å². The van der Waals surface area contributed by atoms with Crippen LogP contribution < -0.4 is 9.47 Å². The van der Waals surface area contributed by atoms with Gasteiger partial charge >= 0.3 is 0 Å². The number of hydrogen-bond acceptors (Lipinski definition) is 2. The molecule has 2 heteroatoms. The van der Waals surface area contributed by atoms with Crippen LogP contribution >= 0.6 is 0 Å². The Hall–Kier alpha value is -1.96. The Kier molecular flexibility index (Phi) is 5.30. The molecule has 2 aromatic rings. The first-order valence-corrected chi connectivity index (χ1v) is 6.70. The highest BCUT2D eigenvalue weighted by atomic mass is 16.5. The molecular formula is C17H20O2. The molecule has 0 spiro atoms. The molecule has 0 fully saturated rings. The lowest BCUT2D eigenvalue weighted by Gasteiger charge is -2.13. The molecule has 2 aromatic carbocycles. The van der Waals surface area contributed by atoms with Gasteiger partial charge in [-0.25, -0.2) is 0 Å². The van der Waals surface area contributed by atoms with Gasteiger partial charge in [0.15, 0.2) is 0 Å². The van der Waals surface area contributed by atoms with Crippen molar-refractivity contribution in [1.29, 1.82) is 0 Å². The smallest absolute Gasteiger partial charge is 0.119 e. The molecule has 0 aliphatic heterocycles. The summed E-state index contributed by atoms with van der Waals surface area (Å²) in [6.45, 7) is 3.63. The number of para-hydroxylation sites is 2. The minimum Gasteiger partial charge on any atom is -0.494 e. The van der Waals surface area contributed by atoms with Gasteiger partial charge in [0.1, 0.15) is 11.5 Å². The first-order chi connectivity index (χ1) is 9.34. The Morgan fingerprint density at radius 2 is 1.32 bits per heavy atom. The molecule has 0 unspecified atom stereocenters. The highest BCUT2D eigenvalue weighted by Gasteiger charge is 2.04. The minimum atomic E-state index is 0.476. The van der Waals surface area contributed by atoms with Crippen molar-refractivity contribution in [3.63, 3.8) is 0 Å². The molecular weight excluding hydrogens is 236 g/mol. The predicted molar refractivity (Wildman–Crippen MR) is 77.7 cm³/mol. The average molecular weight is 256 g/mol. The van der Waals surface area contributed by atoms with E-state index in [-0.39, 0.29) is 0 Å². The van der Waals surface area contributed by atoms with E-state index in [1.807, 2.05) is 60.7 Å². The summed E-state index contributed by atoms with van der Waals surface area (Å²) in [4.78, 5) is 0. The van der Waals surface area contributed by atoms with Gasteiger partial charge in [-0.15, -0.1) is 0 Å². The van der Waals surface area contributed by atoms with Crippen molar-refractivity contribution in [3.05, 3.63) is 60.7 Å². The maximum atomic E-state index is 5.71. The summed E-state index contributed by atoms with van der Waals surface area (Å²) >= 11 is 0. The van der Waals surface area contributed by atoms with Crippen molar-refractivity contribution in [2.24, 2.45) is 5.92 Å². The predicted octanol–water partition coefficient (Wildman–Crippen LogP) is 4.17. The third-order valence-electron chi connectivity index (χ3n) is 2.90. The topological polar surface area (TPSA) is 18.5 Å². The molecule has 0 aliphatic carbocycles. The van der Waals surface area contributed by atoms with Crippen LogP contribution in [0.4, 0.5) is 0 Å². The maximum Gasteiger partial charge on any atom is 0.119 e. The first-order valence-electron chi connectivity index (χ1n) is 6.70. The minimum absolute atomic E-state index is 0.476. The molecule has 2 nitrogen and oxygen atoms in total. The summed E-state index contributed by atoms with van der Waals surface area (Å²) in [5.74, 6) is 2.33. The molecule has 0 aromatic heterocycles. The molecule has 100 valence electrons. The lowest BCUT2D eigenvalue weighted by atomic mass is 10.1. The summed E-state index contributed by atoms with van der Waals surface area (Å²) in [6, 6.07) is 19.8. The van der Waals surface area contributed by atoms with Crippen molar-refractivity contribution in [2.45, 2.75) is 13.3 Å². The quantitative estimate of drug-likeness (QED) is 0.740. The SMILES string of the molecule is C[C@H](CCOc1ccccc1)COc1ccccc1. The fraction of sp³-hybridized carbons (Fsp3) is 0.294. The van der Waals surface area contributed by atoms with E-state index >= 15 is 0 Å².